The Kier molecular flexibility index (Phi) is 5.88. The predicted octanol–water partition coefficient (Wildman–Crippen LogP) is 2.43. The first-order valence-corrected chi connectivity index (χ1v) is 6.46. The van der Waals surface area contributed by atoms with Gasteiger partial charge in [-0.1, -0.05) is 6.92 Å². The molecule has 0 aliphatic carbocycles. The van der Waals surface area contributed by atoms with Gasteiger partial charge in [0.1, 0.15) is 5.82 Å². The Balaban J connectivity index is 3.11. The Morgan fingerprint density at radius 3 is 2.65 bits per heavy atom. The normalized spacial score (nSPS) is 12.2. The second-order valence-electron chi connectivity index (χ2n) is 4.61. The molecule has 0 saturated carbocycles. The molecule has 0 aliphatic rings. The number of hydrogen-bond donors (Lipinski definition) is 1. The summed E-state index contributed by atoms with van der Waals surface area (Å²) >= 11 is 0. The van der Waals surface area contributed by atoms with E-state index < -0.39 is 17.5 Å². The number of nitrogens with zero attached hydrogens (tertiary/aromatic N) is 1. The predicted molar refractivity (Wildman–Crippen MR) is 73.4 cm³/mol. The van der Waals surface area contributed by atoms with Crippen molar-refractivity contribution in [3.05, 3.63) is 29.3 Å². The minimum absolute atomic E-state index is 0.110. The number of amides is 1. The monoisotopic (exact) mass is 286 g/mol. The van der Waals surface area contributed by atoms with E-state index >= 15 is 0 Å². The van der Waals surface area contributed by atoms with Gasteiger partial charge in [0, 0.05) is 19.7 Å². The molecule has 1 aromatic carbocycles. The molecule has 4 nitrogen and oxygen atoms in total. The first kappa shape index (κ1) is 16.4. The van der Waals surface area contributed by atoms with E-state index in [2.05, 4.69) is 0 Å². The number of methoxy groups -OCH3 is 1. The van der Waals surface area contributed by atoms with Crippen molar-refractivity contribution in [3.63, 3.8) is 0 Å². The largest absolute Gasteiger partial charge is 0.396 e. The number of nitrogens with two attached hydrogens (primary N) is 1. The van der Waals surface area contributed by atoms with E-state index in [1.807, 2.05) is 13.8 Å². The Labute approximate surface area is 117 Å². The average molecular weight is 286 g/mol. The third kappa shape index (κ3) is 3.66. The van der Waals surface area contributed by atoms with E-state index in [0.29, 0.717) is 19.6 Å². The van der Waals surface area contributed by atoms with Crippen LogP contribution in [-0.4, -0.2) is 37.1 Å². The molecule has 2 N–H and O–H groups in total. The van der Waals surface area contributed by atoms with Crippen molar-refractivity contribution in [1.82, 2.24) is 4.90 Å². The highest BCUT2D eigenvalue weighted by molar-refractivity contribution is 5.95. The molecule has 0 fully saturated rings. The molecule has 1 amide bonds. The topological polar surface area (TPSA) is 55.6 Å². The Bertz CT molecular complexity index is 480. The van der Waals surface area contributed by atoms with Crippen molar-refractivity contribution in [2.24, 2.45) is 0 Å². The lowest BCUT2D eigenvalue weighted by Crippen LogP contribution is -2.41. The fourth-order valence-corrected chi connectivity index (χ4v) is 1.85. The maximum absolute atomic E-state index is 13.9. The van der Waals surface area contributed by atoms with Crippen molar-refractivity contribution in [2.45, 2.75) is 26.3 Å². The highest BCUT2D eigenvalue weighted by Gasteiger charge is 2.24. The van der Waals surface area contributed by atoms with Gasteiger partial charge in [-0.05, 0) is 25.5 Å². The molecule has 112 valence electrons. The fourth-order valence-electron chi connectivity index (χ4n) is 1.85. The van der Waals surface area contributed by atoms with Crippen LogP contribution in [0.25, 0.3) is 0 Å². The van der Waals surface area contributed by atoms with Crippen molar-refractivity contribution in [2.75, 3.05) is 26.0 Å². The summed E-state index contributed by atoms with van der Waals surface area (Å²) in [6, 6.07) is 1.62. The highest BCUT2D eigenvalue weighted by Crippen LogP contribution is 2.20. The average Bonchev–Trinajstić information content (AvgIpc) is 2.42. The molecule has 1 atom stereocenters. The summed E-state index contributed by atoms with van der Waals surface area (Å²) in [5, 5.41) is 0. The van der Waals surface area contributed by atoms with Crippen LogP contribution in [0, 0.1) is 11.6 Å². The number of nitrogen functional groups attached to an aromatic ring is 1. The third-order valence-electron chi connectivity index (χ3n) is 3.22. The van der Waals surface area contributed by atoms with Gasteiger partial charge >= 0.3 is 0 Å². The lowest BCUT2D eigenvalue weighted by Gasteiger charge is -2.28. The SMILES string of the molecule is CCC(C)N(CCOC)C(=O)c1cc(F)cc(N)c1F. The van der Waals surface area contributed by atoms with Gasteiger partial charge < -0.3 is 15.4 Å². The van der Waals surface area contributed by atoms with Crippen LogP contribution in [-0.2, 0) is 4.74 Å². The smallest absolute Gasteiger partial charge is 0.257 e. The first-order valence-electron chi connectivity index (χ1n) is 6.46. The van der Waals surface area contributed by atoms with Gasteiger partial charge in [-0.25, -0.2) is 8.78 Å². The van der Waals surface area contributed by atoms with Crippen LogP contribution in [0.15, 0.2) is 12.1 Å². The van der Waals surface area contributed by atoms with Gasteiger partial charge in [0.15, 0.2) is 5.82 Å². The number of ether oxygens (including phenoxy) is 1. The summed E-state index contributed by atoms with van der Waals surface area (Å²) in [5.74, 6) is -2.20. The van der Waals surface area contributed by atoms with Gasteiger partial charge in [0.2, 0.25) is 0 Å². The van der Waals surface area contributed by atoms with E-state index in [4.69, 9.17) is 10.5 Å². The van der Waals surface area contributed by atoms with Crippen molar-refractivity contribution in [1.29, 1.82) is 0 Å². The highest BCUT2D eigenvalue weighted by atomic mass is 19.1. The number of carbonyl (C=O) groups excluding carboxylic acids is 1. The molecule has 0 bridgehead atoms. The maximum atomic E-state index is 13.9. The van der Waals surface area contributed by atoms with Crippen LogP contribution >= 0.6 is 0 Å². The minimum atomic E-state index is -0.887. The Hall–Kier alpha value is -1.69. The maximum Gasteiger partial charge on any atom is 0.257 e. The first-order chi connectivity index (χ1) is 9.42. The number of halogens is 2. The zero-order valence-corrected chi connectivity index (χ0v) is 12.0. The molecule has 1 unspecified atom stereocenters. The van der Waals surface area contributed by atoms with Gasteiger partial charge in [-0.2, -0.15) is 0 Å². The molecule has 0 aliphatic heterocycles. The van der Waals surface area contributed by atoms with Crippen molar-refractivity contribution < 1.29 is 18.3 Å². The molecule has 0 spiro atoms. The number of carbonyl (C=O) groups is 1. The van der Waals surface area contributed by atoms with Crippen LogP contribution in [0.1, 0.15) is 30.6 Å². The Morgan fingerprint density at radius 2 is 2.10 bits per heavy atom. The van der Waals surface area contributed by atoms with E-state index in [1.54, 1.807) is 0 Å². The van der Waals surface area contributed by atoms with Gasteiger partial charge in [0.25, 0.3) is 5.91 Å². The standard InChI is InChI=1S/C14H20F2N2O2/c1-4-9(2)18(5-6-20-3)14(19)11-7-10(15)8-12(17)13(11)16/h7-9H,4-6,17H2,1-3H3. The summed E-state index contributed by atoms with van der Waals surface area (Å²) in [6.45, 7) is 4.38. The molecule has 20 heavy (non-hydrogen) atoms. The number of benzene rings is 1. The number of hydrogen-bond acceptors (Lipinski definition) is 3. The molecule has 0 aromatic heterocycles. The molecular weight excluding hydrogens is 266 g/mol. The van der Waals surface area contributed by atoms with E-state index in [-0.39, 0.29) is 17.3 Å². The Morgan fingerprint density at radius 1 is 1.45 bits per heavy atom. The van der Waals surface area contributed by atoms with Crippen LogP contribution in [0.3, 0.4) is 0 Å². The van der Waals surface area contributed by atoms with Gasteiger partial charge in [-0.15, -0.1) is 0 Å². The summed E-state index contributed by atoms with van der Waals surface area (Å²) in [4.78, 5) is 13.8. The van der Waals surface area contributed by atoms with Crippen molar-refractivity contribution in [3.8, 4) is 0 Å². The van der Waals surface area contributed by atoms with E-state index in [0.717, 1.165) is 12.1 Å². The molecular formula is C14H20F2N2O2. The quantitative estimate of drug-likeness (QED) is 0.817. The van der Waals surface area contributed by atoms with Gasteiger partial charge in [-0.3, -0.25) is 4.79 Å². The van der Waals surface area contributed by atoms with E-state index in [1.165, 1.54) is 12.0 Å². The molecule has 6 heteroatoms. The number of rotatable bonds is 6. The molecule has 0 heterocycles. The van der Waals surface area contributed by atoms with Crippen LogP contribution < -0.4 is 5.73 Å². The van der Waals surface area contributed by atoms with Crippen LogP contribution in [0.2, 0.25) is 0 Å². The third-order valence-corrected chi connectivity index (χ3v) is 3.22. The van der Waals surface area contributed by atoms with Crippen LogP contribution in [0.5, 0.6) is 0 Å². The zero-order chi connectivity index (χ0) is 15.3. The molecule has 0 saturated heterocycles. The second-order valence-corrected chi connectivity index (χ2v) is 4.61. The number of anilines is 1. The fraction of sp³-hybridized carbons (Fsp3) is 0.500. The van der Waals surface area contributed by atoms with Gasteiger partial charge in [0.05, 0.1) is 17.9 Å². The minimum Gasteiger partial charge on any atom is -0.396 e. The second kappa shape index (κ2) is 7.19. The lowest BCUT2D eigenvalue weighted by molar-refractivity contribution is 0.0609. The summed E-state index contributed by atoms with van der Waals surface area (Å²) in [6.07, 6.45) is 0.696. The van der Waals surface area contributed by atoms with Crippen molar-refractivity contribution >= 4 is 11.6 Å². The summed E-state index contributed by atoms with van der Waals surface area (Å²) in [5.41, 5.74) is 4.64. The lowest BCUT2D eigenvalue weighted by atomic mass is 10.1. The molecule has 1 aromatic rings. The summed E-state index contributed by atoms with van der Waals surface area (Å²) in [7, 11) is 1.51. The van der Waals surface area contributed by atoms with E-state index in [9.17, 15) is 13.6 Å². The van der Waals surface area contributed by atoms with Crippen LogP contribution in [0.4, 0.5) is 14.5 Å². The molecule has 0 radical (unpaired) electrons. The summed E-state index contributed by atoms with van der Waals surface area (Å²) < 4.78 is 32.2. The zero-order valence-electron chi connectivity index (χ0n) is 12.0. The molecule has 1 rings (SSSR count).